The summed E-state index contributed by atoms with van der Waals surface area (Å²) in [7, 11) is 0. The maximum absolute atomic E-state index is 11.8. The summed E-state index contributed by atoms with van der Waals surface area (Å²) in [6, 6.07) is 16.1. The summed E-state index contributed by atoms with van der Waals surface area (Å²) in [4.78, 5) is 23.3. The van der Waals surface area contributed by atoms with E-state index in [1.807, 2.05) is 37.3 Å². The number of Topliss-reactive ketones (excluding diaryl/α,β-unsaturated/α-hetero) is 1. The van der Waals surface area contributed by atoms with Crippen LogP contribution in [0.1, 0.15) is 29.5 Å². The molecule has 1 aromatic heterocycles. The number of esters is 1. The second-order valence-electron chi connectivity index (χ2n) is 5.50. The number of carbonyl (C=O) groups excluding carboxylic acids is 2. The zero-order valence-corrected chi connectivity index (χ0v) is 13.9. The number of ether oxygens (including phenoxy) is 2. The Kier molecular flexibility index (Phi) is 5.14. The van der Waals surface area contributed by atoms with Crippen molar-refractivity contribution in [2.45, 2.75) is 20.0 Å². The second kappa shape index (κ2) is 7.66. The fourth-order valence-electron chi connectivity index (χ4n) is 2.38. The molecule has 0 spiro atoms. The number of benzene rings is 2. The Hall–Kier alpha value is -3.08. The summed E-state index contributed by atoms with van der Waals surface area (Å²) >= 11 is 0. The van der Waals surface area contributed by atoms with Gasteiger partial charge in [-0.05, 0) is 36.4 Å². The minimum Gasteiger partial charge on any atom is -0.482 e. The van der Waals surface area contributed by atoms with Crippen LogP contribution in [-0.2, 0) is 16.1 Å². The van der Waals surface area contributed by atoms with Crippen molar-refractivity contribution in [2.24, 2.45) is 0 Å². The van der Waals surface area contributed by atoms with Gasteiger partial charge in [0, 0.05) is 17.4 Å². The third-order valence-electron chi connectivity index (χ3n) is 3.71. The first-order valence-corrected chi connectivity index (χ1v) is 8.05. The van der Waals surface area contributed by atoms with Crippen LogP contribution >= 0.6 is 0 Å². The Labute approximate surface area is 145 Å². The van der Waals surface area contributed by atoms with Crippen molar-refractivity contribution in [1.82, 2.24) is 0 Å². The van der Waals surface area contributed by atoms with E-state index in [4.69, 9.17) is 13.9 Å². The zero-order chi connectivity index (χ0) is 17.6. The standard InChI is InChI=1S/C20H18O5/c1-2-18(21)14-7-9-16(10-8-14)23-13-20(22)24-12-17-11-15-5-3-4-6-19(15)25-17/h3-11H,2,12-13H2,1H3. The van der Waals surface area contributed by atoms with Gasteiger partial charge in [0.15, 0.2) is 12.4 Å². The molecule has 0 aliphatic heterocycles. The number of ketones is 1. The van der Waals surface area contributed by atoms with E-state index in [-0.39, 0.29) is 19.0 Å². The Bertz CT molecular complexity index is 843. The van der Waals surface area contributed by atoms with Crippen molar-refractivity contribution in [2.75, 3.05) is 6.61 Å². The van der Waals surface area contributed by atoms with Gasteiger partial charge in [0.2, 0.25) is 0 Å². The normalized spacial score (nSPS) is 10.6. The van der Waals surface area contributed by atoms with Gasteiger partial charge in [-0.2, -0.15) is 0 Å². The minimum absolute atomic E-state index is 0.0564. The van der Waals surface area contributed by atoms with E-state index in [0.29, 0.717) is 23.5 Å². The molecule has 0 atom stereocenters. The molecule has 5 nitrogen and oxygen atoms in total. The topological polar surface area (TPSA) is 65.7 Å². The highest BCUT2D eigenvalue weighted by Gasteiger charge is 2.09. The molecule has 0 aliphatic carbocycles. The molecule has 0 fully saturated rings. The molecule has 0 amide bonds. The van der Waals surface area contributed by atoms with Crippen molar-refractivity contribution >= 4 is 22.7 Å². The summed E-state index contributed by atoms with van der Waals surface area (Å²) in [5.74, 6) is 0.663. The van der Waals surface area contributed by atoms with E-state index in [2.05, 4.69) is 0 Å². The molecule has 0 aliphatic rings. The fourth-order valence-corrected chi connectivity index (χ4v) is 2.38. The number of hydrogen-bond acceptors (Lipinski definition) is 5. The van der Waals surface area contributed by atoms with E-state index in [1.54, 1.807) is 24.3 Å². The third kappa shape index (κ3) is 4.26. The van der Waals surface area contributed by atoms with Gasteiger partial charge in [-0.15, -0.1) is 0 Å². The second-order valence-corrected chi connectivity index (χ2v) is 5.50. The first-order valence-electron chi connectivity index (χ1n) is 8.05. The molecule has 25 heavy (non-hydrogen) atoms. The van der Waals surface area contributed by atoms with Crippen molar-refractivity contribution in [1.29, 1.82) is 0 Å². The van der Waals surface area contributed by atoms with Gasteiger partial charge in [0.1, 0.15) is 23.7 Å². The van der Waals surface area contributed by atoms with Gasteiger partial charge in [-0.25, -0.2) is 4.79 Å². The summed E-state index contributed by atoms with van der Waals surface area (Å²) < 4.78 is 16.1. The van der Waals surface area contributed by atoms with E-state index in [1.165, 1.54) is 0 Å². The molecule has 5 heteroatoms. The fraction of sp³-hybridized carbons (Fsp3) is 0.200. The maximum atomic E-state index is 11.8. The molecule has 128 valence electrons. The first-order chi connectivity index (χ1) is 12.2. The number of rotatable bonds is 7. The van der Waals surface area contributed by atoms with Crippen LogP contribution in [-0.4, -0.2) is 18.4 Å². The Morgan fingerprint density at radius 3 is 2.52 bits per heavy atom. The van der Waals surface area contributed by atoms with Crippen LogP contribution in [0.3, 0.4) is 0 Å². The lowest BCUT2D eigenvalue weighted by Gasteiger charge is -2.06. The Morgan fingerprint density at radius 2 is 1.80 bits per heavy atom. The van der Waals surface area contributed by atoms with Crippen molar-refractivity contribution < 1.29 is 23.5 Å². The number of hydrogen-bond donors (Lipinski definition) is 0. The van der Waals surface area contributed by atoms with Crippen LogP contribution in [0.15, 0.2) is 59.0 Å². The molecular weight excluding hydrogens is 320 g/mol. The molecule has 2 aromatic carbocycles. The highest BCUT2D eigenvalue weighted by atomic mass is 16.6. The first kappa shape index (κ1) is 16.8. The van der Waals surface area contributed by atoms with Gasteiger partial charge in [-0.1, -0.05) is 25.1 Å². The lowest BCUT2D eigenvalue weighted by atomic mass is 10.1. The largest absolute Gasteiger partial charge is 0.482 e. The number of furan rings is 1. The lowest BCUT2D eigenvalue weighted by molar-refractivity contribution is -0.147. The monoisotopic (exact) mass is 338 g/mol. The van der Waals surface area contributed by atoms with Crippen LogP contribution in [0.4, 0.5) is 0 Å². The summed E-state index contributed by atoms with van der Waals surface area (Å²) in [6.45, 7) is 1.66. The van der Waals surface area contributed by atoms with E-state index >= 15 is 0 Å². The lowest BCUT2D eigenvalue weighted by Crippen LogP contribution is -2.14. The molecule has 0 saturated heterocycles. The van der Waals surface area contributed by atoms with Gasteiger partial charge in [0.25, 0.3) is 0 Å². The van der Waals surface area contributed by atoms with Gasteiger partial charge >= 0.3 is 5.97 Å². The van der Waals surface area contributed by atoms with Crippen LogP contribution in [0.5, 0.6) is 5.75 Å². The summed E-state index contributed by atoms with van der Waals surface area (Å²) in [5.41, 5.74) is 1.38. The molecule has 0 bridgehead atoms. The van der Waals surface area contributed by atoms with Gasteiger partial charge < -0.3 is 13.9 Å². The smallest absolute Gasteiger partial charge is 0.344 e. The molecule has 3 aromatic rings. The molecule has 3 rings (SSSR count). The Balaban J connectivity index is 1.48. The van der Waals surface area contributed by atoms with E-state index in [9.17, 15) is 9.59 Å². The molecule has 0 saturated carbocycles. The number of carbonyl (C=O) groups is 2. The van der Waals surface area contributed by atoms with Gasteiger partial charge in [-0.3, -0.25) is 4.79 Å². The van der Waals surface area contributed by atoms with E-state index < -0.39 is 5.97 Å². The average molecular weight is 338 g/mol. The predicted molar refractivity (Wildman–Crippen MR) is 92.6 cm³/mol. The Morgan fingerprint density at radius 1 is 1.04 bits per heavy atom. The molecule has 1 heterocycles. The van der Waals surface area contributed by atoms with Crippen LogP contribution in [0.2, 0.25) is 0 Å². The zero-order valence-electron chi connectivity index (χ0n) is 13.9. The highest BCUT2D eigenvalue weighted by molar-refractivity contribution is 5.95. The van der Waals surface area contributed by atoms with Crippen LogP contribution < -0.4 is 4.74 Å². The third-order valence-corrected chi connectivity index (χ3v) is 3.71. The minimum atomic E-state index is -0.492. The summed E-state index contributed by atoms with van der Waals surface area (Å²) in [6.07, 6.45) is 0.453. The van der Waals surface area contributed by atoms with Crippen molar-refractivity contribution in [3.63, 3.8) is 0 Å². The predicted octanol–water partition coefficient (Wildman–Crippen LogP) is 4.15. The average Bonchev–Trinajstić information content (AvgIpc) is 3.07. The van der Waals surface area contributed by atoms with Crippen molar-refractivity contribution in [3.8, 4) is 5.75 Å². The summed E-state index contributed by atoms with van der Waals surface area (Å²) in [5, 5.41) is 0.964. The number of fused-ring (bicyclic) bond motifs is 1. The molecule has 0 unspecified atom stereocenters. The van der Waals surface area contributed by atoms with E-state index in [0.717, 1.165) is 11.0 Å². The number of para-hydroxylation sites is 1. The molecular formula is C20H18O5. The molecule has 0 N–H and O–H groups in total. The maximum Gasteiger partial charge on any atom is 0.344 e. The van der Waals surface area contributed by atoms with Crippen LogP contribution in [0.25, 0.3) is 11.0 Å². The van der Waals surface area contributed by atoms with Crippen molar-refractivity contribution in [3.05, 3.63) is 65.9 Å². The van der Waals surface area contributed by atoms with Gasteiger partial charge in [0.05, 0.1) is 0 Å². The quantitative estimate of drug-likeness (QED) is 0.478. The van der Waals surface area contributed by atoms with Crippen LogP contribution in [0, 0.1) is 0 Å². The highest BCUT2D eigenvalue weighted by Crippen LogP contribution is 2.19. The SMILES string of the molecule is CCC(=O)c1ccc(OCC(=O)OCc2cc3ccccc3o2)cc1. The molecule has 0 radical (unpaired) electrons.